The minimum Gasteiger partial charge on any atom is -0.497 e. The Labute approximate surface area is 270 Å². The summed E-state index contributed by atoms with van der Waals surface area (Å²) in [5.74, 6) is 1.47. The van der Waals surface area contributed by atoms with E-state index in [2.05, 4.69) is 19.1 Å². The number of aromatic nitrogens is 1. The molecule has 0 N–H and O–H groups in total. The van der Waals surface area contributed by atoms with E-state index in [9.17, 15) is 4.79 Å². The van der Waals surface area contributed by atoms with Gasteiger partial charge >= 0.3 is 0 Å². The van der Waals surface area contributed by atoms with Crippen LogP contribution in [0.1, 0.15) is 36.3 Å². The molecule has 2 saturated heterocycles. The van der Waals surface area contributed by atoms with Crippen molar-refractivity contribution in [1.82, 2.24) is 4.57 Å². The van der Waals surface area contributed by atoms with Gasteiger partial charge in [-0.25, -0.2) is 0 Å². The third-order valence-electron chi connectivity index (χ3n) is 8.54. The van der Waals surface area contributed by atoms with E-state index in [1.54, 1.807) is 37.1 Å². The highest BCUT2D eigenvalue weighted by Gasteiger charge is 2.64. The van der Waals surface area contributed by atoms with Gasteiger partial charge in [0.1, 0.15) is 34.9 Å². The summed E-state index contributed by atoms with van der Waals surface area (Å²) in [6.07, 6.45) is 0.813. The molecule has 9 nitrogen and oxygen atoms in total. The fourth-order valence-electron chi connectivity index (χ4n) is 6.24. The van der Waals surface area contributed by atoms with Crippen LogP contribution in [0.25, 0.3) is 0 Å². The molecule has 2 aliphatic heterocycles. The Hall–Kier alpha value is -3.56. The normalized spacial score (nSPS) is 22.9. The Balaban J connectivity index is 1.45. The molecule has 5 unspecified atom stereocenters. The first-order valence-electron chi connectivity index (χ1n) is 15.4. The van der Waals surface area contributed by atoms with E-state index in [1.165, 1.54) is 6.07 Å². The zero-order valence-electron chi connectivity index (χ0n) is 26.5. The van der Waals surface area contributed by atoms with Crippen LogP contribution >= 0.6 is 8.38 Å². The molecular weight excluding hydrogens is 605 g/mol. The molecule has 0 aliphatic carbocycles. The molecule has 0 spiro atoms. The lowest BCUT2D eigenvalue weighted by Gasteiger charge is -2.40. The summed E-state index contributed by atoms with van der Waals surface area (Å²) in [6.45, 7) is 4.90. The fourth-order valence-corrected chi connectivity index (χ4v) is 7.37. The smallest absolute Gasteiger partial charge is 0.252 e. The van der Waals surface area contributed by atoms with E-state index in [0.717, 1.165) is 34.6 Å². The molecule has 2 fully saturated rings. The van der Waals surface area contributed by atoms with Crippen molar-refractivity contribution in [3.8, 4) is 11.5 Å². The summed E-state index contributed by atoms with van der Waals surface area (Å²) in [4.78, 5) is 12.9. The van der Waals surface area contributed by atoms with Gasteiger partial charge in [-0.15, -0.1) is 0 Å². The maximum Gasteiger partial charge on any atom is 0.252 e. The summed E-state index contributed by atoms with van der Waals surface area (Å²) >= 11 is 0. The minimum atomic E-state index is -1.25. The lowest BCUT2D eigenvalue weighted by atomic mass is 9.79. The van der Waals surface area contributed by atoms with Gasteiger partial charge < -0.3 is 32.7 Å². The second kappa shape index (κ2) is 14.1. The van der Waals surface area contributed by atoms with Gasteiger partial charge in [-0.3, -0.25) is 9.36 Å². The second-order valence-electron chi connectivity index (χ2n) is 11.4. The summed E-state index contributed by atoms with van der Waals surface area (Å²) in [5, 5.41) is 0. The van der Waals surface area contributed by atoms with E-state index in [1.807, 2.05) is 73.4 Å². The zero-order valence-corrected chi connectivity index (χ0v) is 27.4. The van der Waals surface area contributed by atoms with Crippen LogP contribution in [-0.4, -0.2) is 63.1 Å². The van der Waals surface area contributed by atoms with Gasteiger partial charge in [0.25, 0.3) is 5.56 Å². The molecule has 242 valence electrons. The Bertz CT molecular complexity index is 1580. The Morgan fingerprint density at radius 2 is 1.48 bits per heavy atom. The third-order valence-corrected chi connectivity index (χ3v) is 9.61. The summed E-state index contributed by atoms with van der Waals surface area (Å²) in [5.41, 5.74) is 0.425. The number of benzene rings is 3. The van der Waals surface area contributed by atoms with Gasteiger partial charge in [-0.05, 0) is 53.4 Å². The number of ether oxygens (including phenoxy) is 5. The predicted octanol–water partition coefficient (Wildman–Crippen LogP) is 6.29. The molecule has 2 bridgehead atoms. The third kappa shape index (κ3) is 6.11. The number of hydrogen-bond acceptors (Lipinski definition) is 8. The molecule has 0 saturated carbocycles. The molecule has 4 aromatic rings. The maximum atomic E-state index is 12.9. The van der Waals surface area contributed by atoms with Gasteiger partial charge in [-0.2, -0.15) is 0 Å². The highest BCUT2D eigenvalue weighted by molar-refractivity contribution is 7.46. The van der Waals surface area contributed by atoms with Crippen molar-refractivity contribution in [2.24, 2.45) is 0 Å². The van der Waals surface area contributed by atoms with Crippen molar-refractivity contribution in [3.05, 3.63) is 130 Å². The molecule has 2 aliphatic rings. The Morgan fingerprint density at radius 1 is 0.870 bits per heavy atom. The number of methoxy groups -OCH3 is 2. The molecule has 1 aromatic heterocycles. The number of nitrogens with zero attached hydrogens (tertiary/aromatic N) is 1. The van der Waals surface area contributed by atoms with Crippen LogP contribution in [0.5, 0.6) is 11.5 Å². The van der Waals surface area contributed by atoms with Crippen LogP contribution in [0.3, 0.4) is 0 Å². The van der Waals surface area contributed by atoms with E-state index < -0.39 is 38.0 Å². The average molecular weight is 646 g/mol. The number of fused-ring (bicyclic) bond motifs is 2. The van der Waals surface area contributed by atoms with Crippen LogP contribution in [0.15, 0.2) is 108 Å². The molecule has 0 radical (unpaired) electrons. The highest BCUT2D eigenvalue weighted by atomic mass is 31.2. The van der Waals surface area contributed by atoms with Crippen molar-refractivity contribution in [1.29, 1.82) is 0 Å². The first-order chi connectivity index (χ1) is 22.4. The van der Waals surface area contributed by atoms with E-state index >= 15 is 0 Å². The van der Waals surface area contributed by atoms with Crippen molar-refractivity contribution < 1.29 is 32.7 Å². The topological polar surface area (TPSA) is 86.6 Å². The van der Waals surface area contributed by atoms with E-state index in [-0.39, 0.29) is 18.8 Å². The summed E-state index contributed by atoms with van der Waals surface area (Å²) < 4.78 is 45.6. The van der Waals surface area contributed by atoms with Gasteiger partial charge in [-0.1, -0.05) is 67.6 Å². The average Bonchev–Trinajstić information content (AvgIpc) is 3.59. The lowest BCUT2D eigenvalue weighted by Crippen LogP contribution is -2.49. The van der Waals surface area contributed by atoms with Crippen LogP contribution < -0.4 is 15.0 Å². The minimum absolute atomic E-state index is 0.0934. The first kappa shape index (κ1) is 32.4. The number of pyridine rings is 1. The van der Waals surface area contributed by atoms with Crippen molar-refractivity contribution in [2.75, 3.05) is 40.7 Å². The quantitative estimate of drug-likeness (QED) is 0.117. The second-order valence-corrected chi connectivity index (χ2v) is 12.7. The van der Waals surface area contributed by atoms with Crippen molar-refractivity contribution >= 4 is 8.38 Å². The van der Waals surface area contributed by atoms with Gasteiger partial charge in [0.2, 0.25) is 0 Å². The Morgan fingerprint density at radius 3 is 2.07 bits per heavy atom. The largest absolute Gasteiger partial charge is 0.497 e. The van der Waals surface area contributed by atoms with Crippen molar-refractivity contribution in [3.63, 3.8) is 0 Å². The summed E-state index contributed by atoms with van der Waals surface area (Å²) in [6, 6.07) is 30.9. The molecule has 5 atom stereocenters. The number of rotatable bonds is 14. The van der Waals surface area contributed by atoms with Crippen LogP contribution in [0, 0.1) is 0 Å². The predicted molar refractivity (Wildman–Crippen MR) is 176 cm³/mol. The van der Waals surface area contributed by atoms with E-state index in [4.69, 9.17) is 32.7 Å². The SMILES string of the molecule is CCCOP(C)OC1C2OCC1(COC(c1ccccc1)(c1ccc(OC)cc1)c1ccc(OC)cc1)OC2n1ccccc1=O. The van der Waals surface area contributed by atoms with Crippen LogP contribution in [-0.2, 0) is 28.9 Å². The monoisotopic (exact) mass is 645 g/mol. The highest BCUT2D eigenvalue weighted by Crippen LogP contribution is 2.53. The molecule has 3 aromatic carbocycles. The molecule has 0 amide bonds. The van der Waals surface area contributed by atoms with E-state index in [0.29, 0.717) is 6.61 Å². The Kier molecular flexibility index (Phi) is 9.89. The van der Waals surface area contributed by atoms with Crippen LogP contribution in [0.2, 0.25) is 0 Å². The van der Waals surface area contributed by atoms with Gasteiger partial charge in [0, 0.05) is 18.9 Å². The zero-order chi connectivity index (χ0) is 32.1. The van der Waals surface area contributed by atoms with Gasteiger partial charge in [0.15, 0.2) is 14.6 Å². The number of hydrogen-bond donors (Lipinski definition) is 0. The van der Waals surface area contributed by atoms with Crippen LogP contribution in [0.4, 0.5) is 0 Å². The van der Waals surface area contributed by atoms with Crippen molar-refractivity contribution in [2.45, 2.75) is 43.0 Å². The maximum absolute atomic E-state index is 12.9. The van der Waals surface area contributed by atoms with Gasteiger partial charge in [0.05, 0.1) is 34.0 Å². The standard InChI is InChI=1S/C36H40NO8P/c1-5-23-43-46(4)45-33-32-34(37-22-10-9-13-31(37)38)44-35(33,24-41-32)25-42-36(26-11-7-6-8-12-26,27-14-18-29(39-2)19-15-27)28-16-20-30(40-3)21-17-28/h6-22,32-34H,5,23-25H2,1-4H3. The fraction of sp³-hybridized carbons (Fsp3) is 0.361. The molecule has 10 heteroatoms. The summed E-state index contributed by atoms with van der Waals surface area (Å²) in [7, 11) is 2.04. The molecule has 46 heavy (non-hydrogen) atoms. The lowest BCUT2D eigenvalue weighted by molar-refractivity contribution is -0.203. The molecule has 6 rings (SSSR count). The first-order valence-corrected chi connectivity index (χ1v) is 17.0. The molecule has 3 heterocycles. The molecular formula is C36H40NO8P.